The molecule has 124 valence electrons. The van der Waals surface area contributed by atoms with Crippen molar-refractivity contribution >= 4 is 12.2 Å². The van der Waals surface area contributed by atoms with Crippen LogP contribution in [0.2, 0.25) is 0 Å². The maximum Gasteiger partial charge on any atom is 0.254 e. The molecule has 2 heterocycles. The number of aromatic nitrogens is 1. The van der Waals surface area contributed by atoms with E-state index in [1.807, 2.05) is 17.9 Å². The molecule has 0 N–H and O–H groups in total. The Morgan fingerprint density at radius 1 is 1.39 bits per heavy atom. The summed E-state index contributed by atoms with van der Waals surface area (Å²) in [6.45, 7) is 6.58. The standard InChI is InChI=1S/C18H25N3O2/c1-13-9-16(3-5-19-13)18(23)20-6-7-21(14(2)12-20)17-10-15(11-17)4-8-22/h3,5,8-9,14-15,17H,4,6-7,10-12H2,1-2H3. The molecule has 2 aliphatic rings. The predicted octanol–water partition coefficient (Wildman–Crippen LogP) is 1.90. The van der Waals surface area contributed by atoms with Crippen LogP contribution >= 0.6 is 0 Å². The third kappa shape index (κ3) is 3.44. The molecule has 3 rings (SSSR count). The number of hydrogen-bond acceptors (Lipinski definition) is 4. The Balaban J connectivity index is 1.56. The van der Waals surface area contributed by atoms with Crippen molar-refractivity contribution in [3.8, 4) is 0 Å². The monoisotopic (exact) mass is 315 g/mol. The first kappa shape index (κ1) is 16.1. The fraction of sp³-hybridized carbons (Fsp3) is 0.611. The number of carbonyl (C=O) groups excluding carboxylic acids is 2. The zero-order valence-corrected chi connectivity index (χ0v) is 13.9. The molecule has 1 atom stereocenters. The van der Waals surface area contributed by atoms with Gasteiger partial charge in [-0.1, -0.05) is 0 Å². The van der Waals surface area contributed by atoms with Crippen molar-refractivity contribution in [2.45, 2.75) is 45.2 Å². The van der Waals surface area contributed by atoms with E-state index in [1.165, 1.54) is 0 Å². The molecule has 1 aromatic heterocycles. The van der Waals surface area contributed by atoms with Gasteiger partial charge in [0.25, 0.3) is 5.91 Å². The van der Waals surface area contributed by atoms with Gasteiger partial charge in [-0.15, -0.1) is 0 Å². The molecule has 1 amide bonds. The molecule has 1 aliphatic carbocycles. The molecule has 23 heavy (non-hydrogen) atoms. The largest absolute Gasteiger partial charge is 0.336 e. The smallest absolute Gasteiger partial charge is 0.254 e. The molecule has 5 nitrogen and oxygen atoms in total. The molecule has 1 saturated carbocycles. The van der Waals surface area contributed by atoms with Crippen molar-refractivity contribution in [2.75, 3.05) is 19.6 Å². The highest BCUT2D eigenvalue weighted by atomic mass is 16.2. The van der Waals surface area contributed by atoms with E-state index in [0.29, 0.717) is 24.4 Å². The Labute approximate surface area is 137 Å². The van der Waals surface area contributed by atoms with Crippen LogP contribution in [0.4, 0.5) is 0 Å². The molecule has 5 heteroatoms. The number of nitrogens with zero attached hydrogens (tertiary/aromatic N) is 3. The highest BCUT2D eigenvalue weighted by Crippen LogP contribution is 2.35. The number of carbonyl (C=O) groups is 2. The van der Waals surface area contributed by atoms with E-state index in [2.05, 4.69) is 16.8 Å². The van der Waals surface area contributed by atoms with Crippen molar-refractivity contribution in [3.63, 3.8) is 0 Å². The molecule has 0 bridgehead atoms. The minimum atomic E-state index is 0.106. The van der Waals surface area contributed by atoms with Crippen LogP contribution < -0.4 is 0 Å². The lowest BCUT2D eigenvalue weighted by Crippen LogP contribution is -2.59. The van der Waals surface area contributed by atoms with Crippen LogP contribution in [-0.2, 0) is 4.79 Å². The molecule has 0 aromatic carbocycles. The Hall–Kier alpha value is -1.75. The zero-order valence-electron chi connectivity index (χ0n) is 13.9. The lowest BCUT2D eigenvalue weighted by atomic mass is 9.77. The van der Waals surface area contributed by atoms with E-state index in [9.17, 15) is 9.59 Å². The lowest BCUT2D eigenvalue weighted by Gasteiger charge is -2.49. The van der Waals surface area contributed by atoms with Crippen molar-refractivity contribution in [3.05, 3.63) is 29.6 Å². The Morgan fingerprint density at radius 3 is 2.83 bits per heavy atom. The molecule has 1 aliphatic heterocycles. The van der Waals surface area contributed by atoms with Gasteiger partial charge in [0.1, 0.15) is 6.29 Å². The molecule has 1 saturated heterocycles. The summed E-state index contributed by atoms with van der Waals surface area (Å²) in [4.78, 5) is 31.8. The highest BCUT2D eigenvalue weighted by molar-refractivity contribution is 5.94. The van der Waals surface area contributed by atoms with Gasteiger partial charge in [0.15, 0.2) is 0 Å². The van der Waals surface area contributed by atoms with E-state index in [-0.39, 0.29) is 5.91 Å². The lowest BCUT2D eigenvalue weighted by molar-refractivity contribution is -0.110. The summed E-state index contributed by atoms with van der Waals surface area (Å²) in [6, 6.07) is 4.62. The second-order valence-corrected chi connectivity index (χ2v) is 6.92. The fourth-order valence-corrected chi connectivity index (χ4v) is 3.86. The van der Waals surface area contributed by atoms with Crippen LogP contribution in [0.15, 0.2) is 18.3 Å². The van der Waals surface area contributed by atoms with Crippen LogP contribution in [0.25, 0.3) is 0 Å². The number of hydrogen-bond donors (Lipinski definition) is 0. The summed E-state index contributed by atoms with van der Waals surface area (Å²) in [5, 5.41) is 0. The summed E-state index contributed by atoms with van der Waals surface area (Å²) < 4.78 is 0. The van der Waals surface area contributed by atoms with Crippen molar-refractivity contribution in [1.82, 2.24) is 14.8 Å². The molecular formula is C18H25N3O2. The minimum Gasteiger partial charge on any atom is -0.336 e. The number of aryl methyl sites for hydroxylation is 1. The average molecular weight is 315 g/mol. The predicted molar refractivity (Wildman–Crippen MR) is 88.2 cm³/mol. The molecular weight excluding hydrogens is 290 g/mol. The zero-order chi connectivity index (χ0) is 16.4. The average Bonchev–Trinajstić information content (AvgIpc) is 2.50. The van der Waals surface area contributed by atoms with Gasteiger partial charge < -0.3 is 9.69 Å². The third-order valence-electron chi connectivity index (χ3n) is 5.22. The Kier molecular flexibility index (Phi) is 4.76. The first-order valence-electron chi connectivity index (χ1n) is 8.49. The van der Waals surface area contributed by atoms with Crippen LogP contribution in [0.1, 0.15) is 42.2 Å². The molecule has 0 spiro atoms. The van der Waals surface area contributed by atoms with Gasteiger partial charge in [-0.05, 0) is 44.7 Å². The van der Waals surface area contributed by atoms with E-state index in [4.69, 9.17) is 0 Å². The minimum absolute atomic E-state index is 0.106. The SMILES string of the molecule is Cc1cc(C(=O)N2CCN(C3CC(CC=O)C3)C(C)C2)ccn1. The van der Waals surface area contributed by atoms with Crippen molar-refractivity contribution in [1.29, 1.82) is 0 Å². The highest BCUT2D eigenvalue weighted by Gasteiger charge is 2.38. The van der Waals surface area contributed by atoms with Gasteiger partial charge in [-0.3, -0.25) is 14.7 Å². The van der Waals surface area contributed by atoms with Crippen LogP contribution in [0.5, 0.6) is 0 Å². The molecule has 2 fully saturated rings. The molecule has 0 radical (unpaired) electrons. The van der Waals surface area contributed by atoms with Crippen LogP contribution in [0.3, 0.4) is 0 Å². The first-order valence-corrected chi connectivity index (χ1v) is 8.49. The second-order valence-electron chi connectivity index (χ2n) is 6.92. The van der Waals surface area contributed by atoms with Crippen LogP contribution in [0, 0.1) is 12.8 Å². The van der Waals surface area contributed by atoms with E-state index in [0.717, 1.165) is 50.0 Å². The van der Waals surface area contributed by atoms with Crippen molar-refractivity contribution < 1.29 is 9.59 Å². The van der Waals surface area contributed by atoms with Gasteiger partial charge in [0.05, 0.1) is 0 Å². The van der Waals surface area contributed by atoms with Gasteiger partial charge in [-0.2, -0.15) is 0 Å². The van der Waals surface area contributed by atoms with Crippen LogP contribution in [-0.4, -0.2) is 58.7 Å². The molecule has 1 unspecified atom stereocenters. The first-order chi connectivity index (χ1) is 11.1. The number of pyridine rings is 1. The van der Waals surface area contributed by atoms with Crippen molar-refractivity contribution in [2.24, 2.45) is 5.92 Å². The van der Waals surface area contributed by atoms with Gasteiger partial charge >= 0.3 is 0 Å². The number of piperazine rings is 1. The van der Waals surface area contributed by atoms with E-state index >= 15 is 0 Å². The Bertz CT molecular complexity index is 583. The number of aldehydes is 1. The third-order valence-corrected chi connectivity index (χ3v) is 5.22. The summed E-state index contributed by atoms with van der Waals surface area (Å²) in [5.41, 5.74) is 1.60. The summed E-state index contributed by atoms with van der Waals surface area (Å²) in [5.74, 6) is 0.679. The maximum atomic E-state index is 12.6. The quantitative estimate of drug-likeness (QED) is 0.797. The second kappa shape index (κ2) is 6.79. The molecule has 1 aromatic rings. The summed E-state index contributed by atoms with van der Waals surface area (Å²) >= 11 is 0. The fourth-order valence-electron chi connectivity index (χ4n) is 3.86. The normalized spacial score (nSPS) is 28.3. The van der Waals surface area contributed by atoms with Gasteiger partial charge in [-0.25, -0.2) is 0 Å². The van der Waals surface area contributed by atoms with Gasteiger partial charge in [0, 0.05) is 55.6 Å². The number of amides is 1. The summed E-state index contributed by atoms with van der Waals surface area (Å²) in [7, 11) is 0. The Morgan fingerprint density at radius 2 is 2.17 bits per heavy atom. The summed E-state index contributed by atoms with van der Waals surface area (Å²) in [6.07, 6.45) is 5.69. The number of rotatable bonds is 4. The van der Waals surface area contributed by atoms with E-state index < -0.39 is 0 Å². The topological polar surface area (TPSA) is 53.5 Å². The maximum absolute atomic E-state index is 12.6. The van der Waals surface area contributed by atoms with E-state index in [1.54, 1.807) is 12.3 Å². The van der Waals surface area contributed by atoms with Gasteiger partial charge in [0.2, 0.25) is 0 Å².